The highest BCUT2D eigenvalue weighted by Crippen LogP contribution is 2.26. The molecule has 0 aromatic heterocycles. The summed E-state index contributed by atoms with van der Waals surface area (Å²) >= 11 is 0. The third kappa shape index (κ3) is 8.21. The zero-order valence-corrected chi connectivity index (χ0v) is 24.8. The van der Waals surface area contributed by atoms with Gasteiger partial charge in [-0.3, -0.25) is 5.32 Å². The van der Waals surface area contributed by atoms with Crippen LogP contribution in [0.15, 0.2) is 96.6 Å². The maximum atomic E-state index is 13.4. The fraction of sp³-hybridized carbons (Fsp3) is 0.257. The van der Waals surface area contributed by atoms with Crippen LogP contribution in [0.1, 0.15) is 48.3 Å². The highest BCUT2D eigenvalue weighted by Gasteiger charge is 2.27. The van der Waals surface area contributed by atoms with Gasteiger partial charge in [0.15, 0.2) is 0 Å². The first kappa shape index (κ1) is 30.3. The van der Waals surface area contributed by atoms with Crippen LogP contribution in [-0.2, 0) is 9.53 Å². The largest absolute Gasteiger partial charge is 0.489 e. The molecule has 1 atom stereocenters. The molecule has 2 N–H and O–H groups in total. The molecule has 0 bridgehead atoms. The van der Waals surface area contributed by atoms with E-state index < -0.39 is 17.6 Å². The first-order valence-electron chi connectivity index (χ1n) is 13.9. The van der Waals surface area contributed by atoms with Gasteiger partial charge >= 0.3 is 11.9 Å². The second-order valence-electron chi connectivity index (χ2n) is 11.3. The molecule has 1 unspecified atom stereocenters. The number of carboxylic acid groups (broad SMARTS) is 1. The number of carbonyl (C=O) groups excluding carboxylic acids is 1. The Morgan fingerprint density at radius 1 is 0.905 bits per heavy atom. The van der Waals surface area contributed by atoms with E-state index in [0.29, 0.717) is 6.54 Å². The summed E-state index contributed by atoms with van der Waals surface area (Å²) in [7, 11) is 3.93. The lowest BCUT2D eigenvalue weighted by Gasteiger charge is -2.26. The van der Waals surface area contributed by atoms with Gasteiger partial charge in [-0.15, -0.1) is 0 Å². The molecule has 0 spiro atoms. The van der Waals surface area contributed by atoms with Crippen molar-refractivity contribution < 1.29 is 24.2 Å². The maximum Gasteiger partial charge on any atom is 0.335 e. The van der Waals surface area contributed by atoms with Crippen molar-refractivity contribution in [1.82, 2.24) is 5.32 Å². The van der Waals surface area contributed by atoms with E-state index in [0.717, 1.165) is 38.9 Å². The minimum Gasteiger partial charge on any atom is -0.489 e. The van der Waals surface area contributed by atoms with Crippen molar-refractivity contribution in [2.45, 2.75) is 32.4 Å². The highest BCUT2D eigenvalue weighted by atomic mass is 16.6. The molecule has 4 rings (SSSR count). The Hall–Kier alpha value is -4.62. The first-order chi connectivity index (χ1) is 20.0. The smallest absolute Gasteiger partial charge is 0.335 e. The Morgan fingerprint density at radius 2 is 1.57 bits per heavy atom. The maximum absolute atomic E-state index is 13.4. The van der Waals surface area contributed by atoms with E-state index in [1.54, 1.807) is 24.3 Å². The number of hydrogen-bond donors (Lipinski definition) is 2. The quantitative estimate of drug-likeness (QED) is 0.194. The van der Waals surface area contributed by atoms with Gasteiger partial charge < -0.3 is 19.5 Å². The number of hydrogen-bond acceptors (Lipinski definition) is 6. The Kier molecular flexibility index (Phi) is 9.65. The molecule has 0 radical (unpaired) electrons. The number of ether oxygens (including phenoxy) is 2. The number of aromatic carboxylic acids is 1. The summed E-state index contributed by atoms with van der Waals surface area (Å²) in [4.78, 5) is 26.7. The molecule has 0 aliphatic heterocycles. The molecule has 0 saturated heterocycles. The standard InChI is InChI=1S/C35H38N2O5/c1-35(2,3)42-34(40)32(27-17-19-29(20-18-27)37(4)5)36-22-25(21-24-13-15-28(16-14-24)33(38)39)23-41-31-12-8-10-26-9-6-7-11-30(26)31/h6-21,32,36H,22-23H2,1-5H3,(H,38,39). The molecule has 0 aliphatic rings. The van der Waals surface area contributed by atoms with Crippen LogP contribution in [0.3, 0.4) is 0 Å². The summed E-state index contributed by atoms with van der Waals surface area (Å²) < 4.78 is 12.1. The van der Waals surface area contributed by atoms with Crippen molar-refractivity contribution in [3.8, 4) is 5.75 Å². The van der Waals surface area contributed by atoms with E-state index >= 15 is 0 Å². The second-order valence-corrected chi connectivity index (χ2v) is 11.3. The lowest BCUT2D eigenvalue weighted by atomic mass is 10.0. The van der Waals surface area contributed by atoms with Gasteiger partial charge in [-0.25, -0.2) is 9.59 Å². The topological polar surface area (TPSA) is 88.1 Å². The van der Waals surface area contributed by atoms with E-state index in [1.807, 2.05) is 113 Å². The van der Waals surface area contributed by atoms with Gasteiger partial charge in [0.05, 0.1) is 5.56 Å². The number of rotatable bonds is 11. The number of fused-ring (bicyclic) bond motifs is 1. The number of nitrogens with zero attached hydrogens (tertiary/aromatic N) is 1. The van der Waals surface area contributed by atoms with Crippen molar-refractivity contribution in [3.05, 3.63) is 113 Å². The van der Waals surface area contributed by atoms with Crippen LogP contribution in [0.4, 0.5) is 5.69 Å². The lowest BCUT2D eigenvalue weighted by Crippen LogP contribution is -2.36. The summed E-state index contributed by atoms with van der Waals surface area (Å²) in [6.07, 6.45) is 1.95. The monoisotopic (exact) mass is 566 g/mol. The summed E-state index contributed by atoms with van der Waals surface area (Å²) in [5.41, 5.74) is 3.06. The van der Waals surface area contributed by atoms with Crippen LogP contribution in [0, 0.1) is 0 Å². The molecule has 4 aromatic rings. The zero-order chi connectivity index (χ0) is 30.3. The van der Waals surface area contributed by atoms with E-state index in [1.165, 1.54) is 0 Å². The van der Waals surface area contributed by atoms with Gasteiger partial charge in [-0.05, 0) is 73.2 Å². The molecule has 218 valence electrons. The average molecular weight is 567 g/mol. The number of nitrogens with one attached hydrogen (secondary N) is 1. The molecule has 0 fully saturated rings. The molecular weight excluding hydrogens is 528 g/mol. The molecule has 4 aromatic carbocycles. The second kappa shape index (κ2) is 13.4. The van der Waals surface area contributed by atoms with Crippen molar-refractivity contribution in [3.63, 3.8) is 0 Å². The van der Waals surface area contributed by atoms with Gasteiger partial charge in [-0.2, -0.15) is 0 Å². The van der Waals surface area contributed by atoms with Crippen LogP contribution in [0.25, 0.3) is 16.8 Å². The molecule has 0 saturated carbocycles. The van der Waals surface area contributed by atoms with Crippen LogP contribution in [-0.4, -0.2) is 49.9 Å². The Bertz CT molecular complexity index is 1550. The number of carbonyl (C=O) groups is 2. The predicted octanol–water partition coefficient (Wildman–Crippen LogP) is 6.74. The van der Waals surface area contributed by atoms with E-state index in [-0.39, 0.29) is 18.1 Å². The zero-order valence-electron chi connectivity index (χ0n) is 24.8. The van der Waals surface area contributed by atoms with Crippen molar-refractivity contribution >= 4 is 34.5 Å². The average Bonchev–Trinajstić information content (AvgIpc) is 2.95. The van der Waals surface area contributed by atoms with Crippen LogP contribution in [0.5, 0.6) is 5.75 Å². The third-order valence-corrected chi connectivity index (χ3v) is 6.61. The fourth-order valence-electron chi connectivity index (χ4n) is 4.49. The highest BCUT2D eigenvalue weighted by molar-refractivity contribution is 5.88. The van der Waals surface area contributed by atoms with E-state index in [4.69, 9.17) is 9.47 Å². The summed E-state index contributed by atoms with van der Waals surface area (Å²) in [6, 6.07) is 27.7. The molecule has 7 heteroatoms. The van der Waals surface area contributed by atoms with Gasteiger partial charge in [0, 0.05) is 31.7 Å². The normalized spacial score (nSPS) is 12.5. The van der Waals surface area contributed by atoms with Crippen molar-refractivity contribution in [1.29, 1.82) is 0 Å². The van der Waals surface area contributed by atoms with Crippen molar-refractivity contribution in [2.24, 2.45) is 0 Å². The van der Waals surface area contributed by atoms with Crippen LogP contribution < -0.4 is 15.0 Å². The molecule has 0 heterocycles. The van der Waals surface area contributed by atoms with Gasteiger partial charge in [0.1, 0.15) is 24.0 Å². The van der Waals surface area contributed by atoms with Crippen LogP contribution in [0.2, 0.25) is 0 Å². The Morgan fingerprint density at radius 3 is 2.21 bits per heavy atom. The summed E-state index contributed by atoms with van der Waals surface area (Å²) in [5.74, 6) is -0.601. The molecule has 0 aliphatic carbocycles. The summed E-state index contributed by atoms with van der Waals surface area (Å²) in [5, 5.41) is 14.8. The minimum absolute atomic E-state index is 0.213. The van der Waals surface area contributed by atoms with Crippen molar-refractivity contribution in [2.75, 3.05) is 32.1 Å². The lowest BCUT2D eigenvalue weighted by molar-refractivity contribution is -0.157. The predicted molar refractivity (Wildman–Crippen MR) is 168 cm³/mol. The number of esters is 1. The van der Waals surface area contributed by atoms with Gasteiger partial charge in [0.25, 0.3) is 0 Å². The number of benzene rings is 4. The fourth-order valence-corrected chi connectivity index (χ4v) is 4.49. The Labute approximate surface area is 247 Å². The van der Waals surface area contributed by atoms with Gasteiger partial charge in [-0.1, -0.05) is 66.7 Å². The molecule has 7 nitrogen and oxygen atoms in total. The third-order valence-electron chi connectivity index (χ3n) is 6.61. The SMILES string of the molecule is CN(C)c1ccc(C(NCC(=Cc2ccc(C(=O)O)cc2)COc2cccc3ccccc23)C(=O)OC(C)(C)C)cc1. The molecule has 0 amide bonds. The number of anilines is 1. The minimum atomic E-state index is -0.979. The van der Waals surface area contributed by atoms with E-state index in [2.05, 4.69) is 5.32 Å². The molecular formula is C35H38N2O5. The first-order valence-corrected chi connectivity index (χ1v) is 13.9. The van der Waals surface area contributed by atoms with E-state index in [9.17, 15) is 14.7 Å². The van der Waals surface area contributed by atoms with Gasteiger partial charge in [0.2, 0.25) is 0 Å². The number of carboxylic acids is 1. The van der Waals surface area contributed by atoms with Crippen LogP contribution >= 0.6 is 0 Å². The molecule has 42 heavy (non-hydrogen) atoms. The summed E-state index contributed by atoms with van der Waals surface area (Å²) in [6.45, 7) is 6.12. The Balaban J connectivity index is 1.63.